The van der Waals surface area contributed by atoms with Gasteiger partial charge >= 0.3 is 18.2 Å². The molecule has 1 fully saturated rings. The number of hydrogen-bond donors (Lipinski definition) is 1. The van der Waals surface area contributed by atoms with Crippen LogP contribution in [0.2, 0.25) is 0 Å². The Hall–Kier alpha value is -3.36. The molecule has 0 bridgehead atoms. The van der Waals surface area contributed by atoms with Gasteiger partial charge in [0.25, 0.3) is 0 Å². The highest BCUT2D eigenvalue weighted by Crippen LogP contribution is 2.31. The lowest BCUT2D eigenvalue weighted by Crippen LogP contribution is -2.39. The average Bonchev–Trinajstić information content (AvgIpc) is 2.84. The number of nitrogens with zero attached hydrogens (tertiary/aromatic N) is 1. The first-order valence-corrected chi connectivity index (χ1v) is 12.5. The number of rotatable bonds is 7. The van der Waals surface area contributed by atoms with Gasteiger partial charge in [-0.1, -0.05) is 36.4 Å². The van der Waals surface area contributed by atoms with Crippen LogP contribution >= 0.6 is 0 Å². The van der Waals surface area contributed by atoms with Crippen LogP contribution in [0.5, 0.6) is 0 Å². The zero-order valence-electron chi connectivity index (χ0n) is 20.4. The molecule has 6 nitrogen and oxygen atoms in total. The van der Waals surface area contributed by atoms with E-state index in [1.807, 2.05) is 18.2 Å². The molecule has 1 saturated carbocycles. The number of ether oxygens (including phenoxy) is 1. The summed E-state index contributed by atoms with van der Waals surface area (Å²) in [6.07, 6.45) is -1.36. The van der Waals surface area contributed by atoms with Gasteiger partial charge in [-0.25, -0.2) is 4.79 Å². The van der Waals surface area contributed by atoms with Gasteiger partial charge in [-0.15, -0.1) is 0 Å². The maximum atomic E-state index is 12.9. The molecule has 1 amide bonds. The molecule has 0 spiro atoms. The molecule has 4 rings (SSSR count). The molecule has 1 aliphatic heterocycles. The van der Waals surface area contributed by atoms with Crippen molar-refractivity contribution in [3.05, 3.63) is 70.3 Å². The largest absolute Gasteiger partial charge is 0.481 e. The third kappa shape index (κ3) is 7.33. The summed E-state index contributed by atoms with van der Waals surface area (Å²) in [5.41, 5.74) is 2.39. The van der Waals surface area contributed by atoms with Crippen molar-refractivity contribution < 1.29 is 37.4 Å². The highest BCUT2D eigenvalue weighted by Gasteiger charge is 2.31. The van der Waals surface area contributed by atoms with E-state index < -0.39 is 17.7 Å². The number of carboxylic acid groups (broad SMARTS) is 1. The van der Waals surface area contributed by atoms with Crippen LogP contribution in [0.25, 0.3) is 0 Å². The Kier molecular flexibility index (Phi) is 8.19. The van der Waals surface area contributed by atoms with E-state index in [1.54, 1.807) is 4.90 Å². The molecule has 1 aliphatic carbocycles. The molecule has 37 heavy (non-hydrogen) atoms. The molecule has 2 aliphatic rings. The van der Waals surface area contributed by atoms with Crippen molar-refractivity contribution in [1.82, 2.24) is 4.90 Å². The van der Waals surface area contributed by atoms with Gasteiger partial charge in [0.2, 0.25) is 0 Å². The summed E-state index contributed by atoms with van der Waals surface area (Å²) in [7, 11) is 0. The van der Waals surface area contributed by atoms with Crippen LogP contribution in [0, 0.1) is 5.92 Å². The van der Waals surface area contributed by atoms with E-state index >= 15 is 0 Å². The van der Waals surface area contributed by atoms with Crippen LogP contribution < -0.4 is 0 Å². The molecule has 0 aromatic heterocycles. The molecule has 0 radical (unpaired) electrons. The van der Waals surface area contributed by atoms with Crippen molar-refractivity contribution in [2.45, 2.75) is 70.2 Å². The van der Waals surface area contributed by atoms with E-state index in [4.69, 9.17) is 9.84 Å². The summed E-state index contributed by atoms with van der Waals surface area (Å²) < 4.78 is 44.5. The number of benzene rings is 2. The Bertz CT molecular complexity index is 1150. The third-order valence-corrected chi connectivity index (χ3v) is 7.12. The SMILES string of the molecule is O=C(O)CC1CCC(OC(=O)N2CCc3cc(CC(=O)Cc4cccc(C(F)(F)F)c4)ccc3C2)CC1. The number of amides is 1. The monoisotopic (exact) mass is 517 g/mol. The van der Waals surface area contributed by atoms with Gasteiger partial charge in [0.15, 0.2) is 0 Å². The topological polar surface area (TPSA) is 83.9 Å². The lowest BCUT2D eigenvalue weighted by Gasteiger charge is -2.32. The molecule has 2 aromatic rings. The van der Waals surface area contributed by atoms with E-state index in [0.29, 0.717) is 37.9 Å². The van der Waals surface area contributed by atoms with Crippen molar-refractivity contribution in [3.8, 4) is 0 Å². The molecule has 198 valence electrons. The number of halogens is 3. The van der Waals surface area contributed by atoms with Gasteiger partial charge in [-0.3, -0.25) is 9.59 Å². The van der Waals surface area contributed by atoms with Crippen molar-refractivity contribution in [2.75, 3.05) is 6.54 Å². The number of carbonyl (C=O) groups is 3. The van der Waals surface area contributed by atoms with Gasteiger partial charge in [0.05, 0.1) is 5.56 Å². The smallest absolute Gasteiger partial charge is 0.416 e. The predicted molar refractivity (Wildman–Crippen MR) is 129 cm³/mol. The van der Waals surface area contributed by atoms with Crippen LogP contribution in [0.4, 0.5) is 18.0 Å². The number of fused-ring (bicyclic) bond motifs is 1. The summed E-state index contributed by atoms with van der Waals surface area (Å²) in [5.74, 6) is -0.825. The Labute approximate surface area is 213 Å². The summed E-state index contributed by atoms with van der Waals surface area (Å²) in [6.45, 7) is 0.892. The molecule has 0 atom stereocenters. The highest BCUT2D eigenvalue weighted by molar-refractivity contribution is 5.83. The standard InChI is InChI=1S/C28H30F3NO5/c29-28(30,31)23-3-1-2-19(13-23)14-24(33)15-20-4-7-22-17-32(11-10-21(22)12-20)27(36)37-25-8-5-18(6-9-25)16-26(34)35/h1-4,7,12-13,18,25H,5-6,8-11,14-17H2,(H,34,35). The number of ketones is 1. The molecular weight excluding hydrogens is 487 g/mol. The summed E-state index contributed by atoms with van der Waals surface area (Å²) in [6, 6.07) is 10.5. The number of hydrogen-bond acceptors (Lipinski definition) is 4. The average molecular weight is 518 g/mol. The molecule has 1 heterocycles. The summed E-state index contributed by atoms with van der Waals surface area (Å²) in [4.78, 5) is 37.8. The second-order valence-electron chi connectivity index (χ2n) is 9.99. The van der Waals surface area contributed by atoms with Crippen LogP contribution in [-0.4, -0.2) is 40.5 Å². The summed E-state index contributed by atoms with van der Waals surface area (Å²) >= 11 is 0. The zero-order chi connectivity index (χ0) is 26.6. The van der Waals surface area contributed by atoms with Crippen molar-refractivity contribution in [3.63, 3.8) is 0 Å². The number of carbonyl (C=O) groups excluding carboxylic acids is 2. The highest BCUT2D eigenvalue weighted by atomic mass is 19.4. The third-order valence-electron chi connectivity index (χ3n) is 7.12. The zero-order valence-corrected chi connectivity index (χ0v) is 20.4. The van der Waals surface area contributed by atoms with Crippen LogP contribution in [0.3, 0.4) is 0 Å². The second kappa shape index (κ2) is 11.4. The molecule has 1 N–H and O–H groups in total. The van der Waals surface area contributed by atoms with E-state index in [-0.39, 0.29) is 43.2 Å². The van der Waals surface area contributed by atoms with E-state index in [0.717, 1.165) is 41.7 Å². The fourth-order valence-corrected chi connectivity index (χ4v) is 5.17. The first kappa shape index (κ1) is 26.7. The molecule has 0 unspecified atom stereocenters. The van der Waals surface area contributed by atoms with Gasteiger partial charge in [-0.2, -0.15) is 13.2 Å². The Morgan fingerprint density at radius 1 is 0.946 bits per heavy atom. The minimum atomic E-state index is -4.45. The van der Waals surface area contributed by atoms with E-state index in [9.17, 15) is 27.6 Å². The van der Waals surface area contributed by atoms with Crippen molar-refractivity contribution >= 4 is 17.8 Å². The lowest BCUT2D eigenvalue weighted by molar-refractivity contribution is -0.139. The fourth-order valence-electron chi connectivity index (χ4n) is 5.17. The van der Waals surface area contributed by atoms with Gasteiger partial charge < -0.3 is 14.7 Å². The van der Waals surface area contributed by atoms with Gasteiger partial charge in [-0.05, 0) is 66.3 Å². The molecule has 0 saturated heterocycles. The van der Waals surface area contributed by atoms with Gasteiger partial charge in [0, 0.05) is 32.4 Å². The molecule has 9 heteroatoms. The van der Waals surface area contributed by atoms with Gasteiger partial charge in [0.1, 0.15) is 11.9 Å². The quantitative estimate of drug-likeness (QED) is 0.518. The number of aliphatic carboxylic acids is 1. The predicted octanol–water partition coefficient (Wildman–Crippen LogP) is 5.59. The fraction of sp³-hybridized carbons (Fsp3) is 0.464. The van der Waals surface area contributed by atoms with Crippen LogP contribution in [0.15, 0.2) is 42.5 Å². The lowest BCUT2D eigenvalue weighted by atomic mass is 9.85. The number of Topliss-reactive ketones (excluding diaryl/α,β-unsaturated/α-hetero) is 1. The first-order chi connectivity index (χ1) is 17.6. The van der Waals surface area contributed by atoms with E-state index in [2.05, 4.69) is 0 Å². The van der Waals surface area contributed by atoms with Crippen LogP contribution in [0.1, 0.15) is 59.9 Å². The second-order valence-corrected chi connectivity index (χ2v) is 9.99. The van der Waals surface area contributed by atoms with Crippen molar-refractivity contribution in [1.29, 1.82) is 0 Å². The van der Waals surface area contributed by atoms with E-state index in [1.165, 1.54) is 12.1 Å². The Morgan fingerprint density at radius 3 is 2.32 bits per heavy atom. The minimum absolute atomic E-state index is 0.0706. The molecular formula is C28H30F3NO5. The Balaban J connectivity index is 1.28. The van der Waals surface area contributed by atoms with Crippen molar-refractivity contribution in [2.24, 2.45) is 5.92 Å². The number of alkyl halides is 3. The summed E-state index contributed by atoms with van der Waals surface area (Å²) in [5, 5.41) is 8.94. The number of carboxylic acids is 1. The Morgan fingerprint density at radius 2 is 1.65 bits per heavy atom. The maximum Gasteiger partial charge on any atom is 0.416 e. The normalized spacial score (nSPS) is 19.7. The first-order valence-electron chi connectivity index (χ1n) is 12.5. The minimum Gasteiger partial charge on any atom is -0.481 e. The maximum absolute atomic E-state index is 12.9. The van der Waals surface area contributed by atoms with Crippen LogP contribution in [-0.2, 0) is 46.3 Å². The molecule has 2 aromatic carbocycles.